The van der Waals surface area contributed by atoms with Gasteiger partial charge in [0, 0.05) is 44.2 Å². The van der Waals surface area contributed by atoms with Crippen molar-refractivity contribution in [3.8, 4) is 0 Å². The molecule has 4 fully saturated rings. The third kappa shape index (κ3) is 2.88. The van der Waals surface area contributed by atoms with Crippen LogP contribution in [0.4, 0.5) is 0 Å². The summed E-state index contributed by atoms with van der Waals surface area (Å²) in [7, 11) is 1.86. The minimum Gasteiger partial charge on any atom is -0.377 e. The van der Waals surface area contributed by atoms with E-state index < -0.39 is 0 Å². The first-order valence-corrected chi connectivity index (χ1v) is 8.90. The molecule has 132 valence electrons. The second-order valence-corrected chi connectivity index (χ2v) is 7.78. The summed E-state index contributed by atoms with van der Waals surface area (Å²) in [5.74, 6) is 1.61. The minimum atomic E-state index is -0.0373. The lowest BCUT2D eigenvalue weighted by Gasteiger charge is -2.63. The summed E-state index contributed by atoms with van der Waals surface area (Å²) in [5.41, 5.74) is 0.358. The normalized spacial score (nSPS) is 40.8. The first kappa shape index (κ1) is 17.7. The maximum Gasteiger partial charge on any atom is 0.191 e. The third-order valence-electron chi connectivity index (χ3n) is 6.48. The molecule has 0 bridgehead atoms. The lowest BCUT2D eigenvalue weighted by Crippen LogP contribution is -2.72. The molecule has 2 saturated heterocycles. The van der Waals surface area contributed by atoms with Crippen LogP contribution >= 0.6 is 24.0 Å². The molecule has 4 rings (SSSR count). The van der Waals surface area contributed by atoms with Gasteiger partial charge in [0.15, 0.2) is 5.96 Å². The van der Waals surface area contributed by atoms with E-state index in [4.69, 9.17) is 9.47 Å². The van der Waals surface area contributed by atoms with Crippen molar-refractivity contribution in [1.29, 1.82) is 0 Å². The predicted octanol–water partition coefficient (Wildman–Crippen LogP) is 2.30. The molecule has 0 radical (unpaired) electrons. The summed E-state index contributed by atoms with van der Waals surface area (Å²) >= 11 is 0. The van der Waals surface area contributed by atoms with Crippen molar-refractivity contribution in [3.63, 3.8) is 0 Å². The summed E-state index contributed by atoms with van der Waals surface area (Å²) < 4.78 is 11.9. The summed E-state index contributed by atoms with van der Waals surface area (Å²) in [4.78, 5) is 4.44. The number of hydrogen-bond acceptors (Lipinski definition) is 3. The van der Waals surface area contributed by atoms with Gasteiger partial charge in [0.2, 0.25) is 0 Å². The first-order valence-electron chi connectivity index (χ1n) is 8.90. The van der Waals surface area contributed by atoms with Crippen LogP contribution in [0.5, 0.6) is 0 Å². The average Bonchev–Trinajstić information content (AvgIpc) is 3.06. The predicted molar refractivity (Wildman–Crippen MR) is 101 cm³/mol. The molecular weight excluding hydrogens is 405 g/mol. The molecule has 1 spiro atoms. The van der Waals surface area contributed by atoms with Gasteiger partial charge in [-0.15, -0.1) is 24.0 Å². The van der Waals surface area contributed by atoms with Gasteiger partial charge in [-0.05, 0) is 39.0 Å². The Morgan fingerprint density at radius 1 is 1.22 bits per heavy atom. The van der Waals surface area contributed by atoms with Gasteiger partial charge in [-0.3, -0.25) is 4.99 Å². The quantitative estimate of drug-likeness (QED) is 0.406. The first-order chi connectivity index (χ1) is 10.7. The van der Waals surface area contributed by atoms with Crippen molar-refractivity contribution in [2.45, 2.75) is 63.2 Å². The Morgan fingerprint density at radius 3 is 2.65 bits per heavy atom. The van der Waals surface area contributed by atoms with E-state index >= 15 is 0 Å². The second-order valence-electron chi connectivity index (χ2n) is 7.78. The lowest BCUT2D eigenvalue weighted by molar-refractivity contribution is -0.171. The van der Waals surface area contributed by atoms with E-state index in [-0.39, 0.29) is 29.6 Å². The van der Waals surface area contributed by atoms with E-state index in [0.29, 0.717) is 23.5 Å². The molecule has 2 aliphatic carbocycles. The zero-order valence-corrected chi connectivity index (χ0v) is 16.6. The van der Waals surface area contributed by atoms with Crippen LogP contribution in [0.2, 0.25) is 0 Å². The Kier molecular flexibility index (Phi) is 5.14. The Morgan fingerprint density at radius 2 is 2.04 bits per heavy atom. The number of nitrogens with one attached hydrogen (secondary N) is 2. The SMILES string of the molecule is CN=C(NCC1(C)CCCO1)NC1C2CCOC2C12CCC2.I. The molecule has 0 amide bonds. The Labute approximate surface area is 156 Å². The number of halogens is 1. The Hall–Kier alpha value is -0.0800. The zero-order chi connectivity index (χ0) is 15.2. The van der Waals surface area contributed by atoms with Crippen LogP contribution in [-0.2, 0) is 9.47 Å². The van der Waals surface area contributed by atoms with Crippen LogP contribution in [-0.4, -0.2) is 50.5 Å². The van der Waals surface area contributed by atoms with Gasteiger partial charge in [-0.1, -0.05) is 6.42 Å². The fraction of sp³-hybridized carbons (Fsp3) is 0.941. The maximum atomic E-state index is 5.99. The van der Waals surface area contributed by atoms with Crippen LogP contribution < -0.4 is 10.6 Å². The minimum absolute atomic E-state index is 0. The summed E-state index contributed by atoms with van der Waals surface area (Å²) in [6, 6.07) is 0.539. The lowest BCUT2D eigenvalue weighted by atomic mass is 9.46. The molecule has 4 aliphatic rings. The molecule has 2 heterocycles. The van der Waals surface area contributed by atoms with Gasteiger partial charge in [-0.25, -0.2) is 0 Å². The fourth-order valence-corrected chi connectivity index (χ4v) is 5.04. The molecular formula is C17H30IN3O2. The van der Waals surface area contributed by atoms with Crippen molar-refractivity contribution in [2.24, 2.45) is 16.3 Å². The van der Waals surface area contributed by atoms with Crippen LogP contribution in [0.3, 0.4) is 0 Å². The molecule has 2 aliphatic heterocycles. The van der Waals surface area contributed by atoms with Gasteiger partial charge in [0.25, 0.3) is 0 Å². The van der Waals surface area contributed by atoms with Gasteiger partial charge in [0.05, 0.1) is 11.7 Å². The summed E-state index contributed by atoms with van der Waals surface area (Å²) in [6.07, 6.45) is 7.96. The average molecular weight is 435 g/mol. The monoisotopic (exact) mass is 435 g/mol. The van der Waals surface area contributed by atoms with Gasteiger partial charge in [0.1, 0.15) is 0 Å². The molecule has 2 N–H and O–H groups in total. The molecule has 4 unspecified atom stereocenters. The number of ether oxygens (including phenoxy) is 2. The third-order valence-corrected chi connectivity index (χ3v) is 6.48. The van der Waals surface area contributed by atoms with Crippen LogP contribution in [0.15, 0.2) is 4.99 Å². The highest BCUT2D eigenvalue weighted by atomic mass is 127. The van der Waals surface area contributed by atoms with Crippen LogP contribution in [0, 0.1) is 11.3 Å². The molecule has 23 heavy (non-hydrogen) atoms. The van der Waals surface area contributed by atoms with E-state index in [1.54, 1.807) is 0 Å². The zero-order valence-electron chi connectivity index (χ0n) is 14.3. The van der Waals surface area contributed by atoms with E-state index in [2.05, 4.69) is 22.5 Å². The smallest absolute Gasteiger partial charge is 0.191 e. The highest BCUT2D eigenvalue weighted by molar-refractivity contribution is 14.0. The molecule has 4 atom stereocenters. The van der Waals surface area contributed by atoms with Crippen molar-refractivity contribution < 1.29 is 9.47 Å². The number of guanidine groups is 1. The van der Waals surface area contributed by atoms with Gasteiger partial charge in [-0.2, -0.15) is 0 Å². The van der Waals surface area contributed by atoms with Crippen molar-refractivity contribution in [3.05, 3.63) is 0 Å². The van der Waals surface area contributed by atoms with Crippen molar-refractivity contribution >= 4 is 29.9 Å². The Bertz CT molecular complexity index is 461. The molecule has 5 nitrogen and oxygen atoms in total. The largest absolute Gasteiger partial charge is 0.377 e. The number of aliphatic imine (C=N–C) groups is 1. The second kappa shape index (κ2) is 6.67. The topological polar surface area (TPSA) is 54.9 Å². The summed E-state index contributed by atoms with van der Waals surface area (Å²) in [6.45, 7) is 4.85. The number of fused-ring (bicyclic) bond motifs is 2. The highest BCUT2D eigenvalue weighted by Gasteiger charge is 2.66. The maximum absolute atomic E-state index is 5.99. The van der Waals surface area contributed by atoms with Gasteiger partial charge >= 0.3 is 0 Å². The molecule has 0 aromatic heterocycles. The van der Waals surface area contributed by atoms with Crippen LogP contribution in [0.1, 0.15) is 45.4 Å². The summed E-state index contributed by atoms with van der Waals surface area (Å²) in [5, 5.41) is 7.20. The van der Waals surface area contributed by atoms with Crippen molar-refractivity contribution in [1.82, 2.24) is 10.6 Å². The standard InChI is InChI=1S/C17H29N3O2.HI/c1-16(6-4-9-22-16)11-19-15(18-2)20-13-12-5-10-21-14(12)17(13)7-3-8-17;/h12-14H,3-11H2,1-2H3,(H2,18,19,20);1H. The fourth-order valence-electron chi connectivity index (χ4n) is 5.04. The van der Waals surface area contributed by atoms with E-state index in [1.165, 1.54) is 25.7 Å². The van der Waals surface area contributed by atoms with Crippen LogP contribution in [0.25, 0.3) is 0 Å². The molecule has 6 heteroatoms. The molecule has 0 aromatic rings. The number of hydrogen-bond donors (Lipinski definition) is 2. The highest BCUT2D eigenvalue weighted by Crippen LogP contribution is 2.62. The van der Waals surface area contributed by atoms with E-state index in [9.17, 15) is 0 Å². The molecule has 2 saturated carbocycles. The van der Waals surface area contributed by atoms with E-state index in [1.807, 2.05) is 7.05 Å². The molecule has 0 aromatic carbocycles. The number of rotatable bonds is 3. The number of nitrogens with zero attached hydrogens (tertiary/aromatic N) is 1. The Balaban J connectivity index is 0.00000156. The van der Waals surface area contributed by atoms with Crippen molar-refractivity contribution in [2.75, 3.05) is 26.8 Å². The van der Waals surface area contributed by atoms with Gasteiger partial charge < -0.3 is 20.1 Å². The van der Waals surface area contributed by atoms with E-state index in [0.717, 1.165) is 38.6 Å².